The van der Waals surface area contributed by atoms with Gasteiger partial charge in [0.2, 0.25) is 5.88 Å². The molecule has 5 rings (SSSR count). The minimum Gasteiger partial charge on any atom is -0.444 e. The number of fused-ring (bicyclic) bond motifs is 1. The van der Waals surface area contributed by atoms with Crippen LogP contribution in [-0.2, 0) is 16.0 Å². The van der Waals surface area contributed by atoms with Crippen LogP contribution in [0.4, 0.5) is 40.0 Å². The number of nitrogens with two attached hydrogens (primary N) is 1. The molecule has 5 heterocycles. The normalized spacial score (nSPS) is 19.4. The highest BCUT2D eigenvalue weighted by Gasteiger charge is 2.46. The highest BCUT2D eigenvalue weighted by atomic mass is 19.4. The van der Waals surface area contributed by atoms with Crippen LogP contribution in [0.3, 0.4) is 0 Å². The molecule has 0 aromatic carbocycles. The molecule has 248 valence electrons. The number of primary amides is 1. The number of halogens is 3. The van der Waals surface area contributed by atoms with Crippen LogP contribution >= 0.6 is 0 Å². The zero-order valence-corrected chi connectivity index (χ0v) is 25.3. The van der Waals surface area contributed by atoms with E-state index in [1.807, 2.05) is 4.90 Å². The number of hydrogen-bond donors (Lipinski definition) is 4. The Morgan fingerprint density at radius 1 is 1.13 bits per heavy atom. The maximum Gasteiger partial charge on any atom is 0.414 e. The molecule has 2 aliphatic rings. The Morgan fingerprint density at radius 3 is 2.52 bits per heavy atom. The molecule has 3 amide bonds. The molecule has 0 saturated carbocycles. The van der Waals surface area contributed by atoms with Gasteiger partial charge in [0.15, 0.2) is 5.58 Å². The van der Waals surface area contributed by atoms with Gasteiger partial charge in [0.1, 0.15) is 22.8 Å². The molecule has 0 spiro atoms. The molecule has 5 N–H and O–H groups in total. The zero-order chi connectivity index (χ0) is 33.4. The summed E-state index contributed by atoms with van der Waals surface area (Å²) in [6, 6.07) is 3.07. The van der Waals surface area contributed by atoms with Crippen LogP contribution in [0.2, 0.25) is 0 Å². The van der Waals surface area contributed by atoms with Gasteiger partial charge in [-0.15, -0.1) is 0 Å². The van der Waals surface area contributed by atoms with Crippen molar-refractivity contribution < 1.29 is 46.6 Å². The number of nitrogens with zero attached hydrogens (tertiary/aromatic N) is 4. The number of carbonyl (C=O) groups excluding carboxylic acids is 3. The van der Waals surface area contributed by atoms with Gasteiger partial charge in [-0.25, -0.2) is 9.59 Å². The topological polar surface area (TPSA) is 185 Å². The van der Waals surface area contributed by atoms with Crippen molar-refractivity contribution in [3.05, 3.63) is 41.9 Å². The summed E-state index contributed by atoms with van der Waals surface area (Å²) in [5.41, 5.74) is 5.30. The molecule has 2 aliphatic heterocycles. The van der Waals surface area contributed by atoms with E-state index in [4.69, 9.17) is 19.6 Å². The molecule has 0 unspecified atom stereocenters. The number of alkyl halides is 3. The Balaban J connectivity index is 1.46. The molecule has 2 atom stereocenters. The van der Waals surface area contributed by atoms with Gasteiger partial charge in [-0.05, 0) is 44.9 Å². The van der Waals surface area contributed by atoms with Crippen LogP contribution in [-0.4, -0.2) is 88.2 Å². The Morgan fingerprint density at radius 2 is 1.87 bits per heavy atom. The van der Waals surface area contributed by atoms with Crippen molar-refractivity contribution in [2.75, 3.05) is 41.7 Å². The molecular formula is C29H34F3N7O7. The van der Waals surface area contributed by atoms with Crippen molar-refractivity contribution in [1.29, 1.82) is 0 Å². The van der Waals surface area contributed by atoms with Gasteiger partial charge >= 0.3 is 18.4 Å². The first-order chi connectivity index (χ1) is 21.6. The number of hydrogen-bond acceptors (Lipinski definition) is 11. The average molecular weight is 650 g/mol. The molecule has 0 bridgehead atoms. The van der Waals surface area contributed by atoms with Gasteiger partial charge in [0, 0.05) is 38.6 Å². The summed E-state index contributed by atoms with van der Waals surface area (Å²) in [6.07, 6.45) is -4.58. The van der Waals surface area contributed by atoms with Crippen LogP contribution in [0.5, 0.6) is 0 Å². The maximum atomic E-state index is 13.8. The molecule has 0 aliphatic carbocycles. The van der Waals surface area contributed by atoms with Crippen molar-refractivity contribution in [3.8, 4) is 0 Å². The number of carbonyl (C=O) groups is 3. The number of likely N-dealkylation sites (tertiary alicyclic amines) is 1. The van der Waals surface area contributed by atoms with Crippen LogP contribution in [0.1, 0.15) is 43.1 Å². The first kappa shape index (κ1) is 32.7. The zero-order valence-electron chi connectivity index (χ0n) is 25.3. The summed E-state index contributed by atoms with van der Waals surface area (Å²) in [5, 5.41) is 14.7. The number of rotatable bonds is 7. The predicted octanol–water partition coefficient (Wildman–Crippen LogP) is 3.85. The van der Waals surface area contributed by atoms with Crippen LogP contribution in [0.15, 0.2) is 35.1 Å². The van der Waals surface area contributed by atoms with E-state index in [1.165, 1.54) is 29.6 Å². The third-order valence-electron chi connectivity index (χ3n) is 7.32. The fraction of sp³-hybridized carbons (Fsp3) is 0.483. The third kappa shape index (κ3) is 7.77. The van der Waals surface area contributed by atoms with E-state index in [0.29, 0.717) is 19.6 Å². The number of anilines is 3. The Kier molecular flexibility index (Phi) is 8.99. The molecule has 46 heavy (non-hydrogen) atoms. The Hall–Kier alpha value is -4.64. The lowest BCUT2D eigenvalue weighted by molar-refractivity contribution is -0.182. The number of ether oxygens (including phenoxy) is 2. The quantitative estimate of drug-likeness (QED) is 0.291. The number of aliphatic hydroxyl groups is 1. The second-order valence-electron chi connectivity index (χ2n) is 12.3. The van der Waals surface area contributed by atoms with E-state index >= 15 is 0 Å². The van der Waals surface area contributed by atoms with E-state index in [-0.39, 0.29) is 40.5 Å². The van der Waals surface area contributed by atoms with E-state index in [1.54, 1.807) is 26.8 Å². The van der Waals surface area contributed by atoms with E-state index in [2.05, 4.69) is 20.6 Å². The van der Waals surface area contributed by atoms with E-state index in [0.717, 1.165) is 5.56 Å². The summed E-state index contributed by atoms with van der Waals surface area (Å²) >= 11 is 0. The summed E-state index contributed by atoms with van der Waals surface area (Å²) in [4.78, 5) is 49.7. The van der Waals surface area contributed by atoms with Gasteiger partial charge in [-0.3, -0.25) is 25.0 Å². The predicted molar refractivity (Wildman–Crippen MR) is 158 cm³/mol. The molecule has 2 saturated heterocycles. The van der Waals surface area contributed by atoms with Crippen molar-refractivity contribution >= 4 is 46.5 Å². The summed E-state index contributed by atoms with van der Waals surface area (Å²) in [7, 11) is 0. The second kappa shape index (κ2) is 12.6. The van der Waals surface area contributed by atoms with Gasteiger partial charge < -0.3 is 34.9 Å². The van der Waals surface area contributed by atoms with Crippen molar-refractivity contribution in [2.45, 2.75) is 57.7 Å². The lowest BCUT2D eigenvalue weighted by Gasteiger charge is -2.39. The fourth-order valence-electron chi connectivity index (χ4n) is 5.41. The second-order valence-corrected chi connectivity index (χ2v) is 12.3. The molecule has 3 aromatic rings. The standard InChI is InChI=1S/C29H34F3N7O7/c1-28(2,3)46-27(43)37-25-22(23-21(45-25)6-15(8-35-23)10-38-12-17(40)13-38)24(41)36-19-9-34-5-4-20(19)39-11-16(29(30,31)32)7-18(14-39)44-26(33)42/h4-6,8-9,16-18,40H,7,10-14H2,1-3H3,(H2,33,42)(H,36,41)(H,37,43)/t16-,18+/m1/s1. The maximum absolute atomic E-state index is 13.8. The third-order valence-corrected chi connectivity index (χ3v) is 7.32. The van der Waals surface area contributed by atoms with Crippen LogP contribution in [0, 0.1) is 5.92 Å². The molecular weight excluding hydrogens is 615 g/mol. The summed E-state index contributed by atoms with van der Waals surface area (Å²) in [6.45, 7) is 5.84. The first-order valence-electron chi connectivity index (χ1n) is 14.4. The lowest BCUT2D eigenvalue weighted by atomic mass is 9.94. The first-order valence-corrected chi connectivity index (χ1v) is 14.4. The molecule has 2 fully saturated rings. The monoisotopic (exact) mass is 649 g/mol. The fourth-order valence-corrected chi connectivity index (χ4v) is 5.41. The molecule has 17 heteroatoms. The number of pyridine rings is 2. The van der Waals surface area contributed by atoms with Crippen molar-refractivity contribution in [3.63, 3.8) is 0 Å². The largest absolute Gasteiger partial charge is 0.444 e. The lowest BCUT2D eigenvalue weighted by Crippen LogP contribution is -2.49. The highest BCUT2D eigenvalue weighted by molar-refractivity contribution is 6.16. The number of β-amino-alcohol motifs (C(OH)–C–C–N with tert-alkyl or cyclic N) is 1. The van der Waals surface area contributed by atoms with Crippen molar-refractivity contribution in [1.82, 2.24) is 14.9 Å². The Bertz CT molecular complexity index is 1620. The van der Waals surface area contributed by atoms with E-state index in [9.17, 15) is 32.7 Å². The van der Waals surface area contributed by atoms with Gasteiger partial charge in [0.05, 0.1) is 36.1 Å². The smallest absolute Gasteiger partial charge is 0.414 e. The SMILES string of the molecule is CC(C)(C)OC(=O)Nc1oc2cc(CN3CC(O)C3)cnc2c1C(=O)Nc1cnccc1N1C[C@@H](OC(N)=O)C[C@@H](C(F)(F)F)C1. The number of aromatic nitrogens is 2. The number of nitrogens with one attached hydrogen (secondary N) is 2. The van der Waals surface area contributed by atoms with Gasteiger partial charge in [-0.2, -0.15) is 13.2 Å². The number of furan rings is 1. The van der Waals surface area contributed by atoms with E-state index < -0.39 is 61.0 Å². The molecule has 3 aromatic heterocycles. The molecule has 14 nitrogen and oxygen atoms in total. The van der Waals surface area contributed by atoms with Crippen molar-refractivity contribution in [2.24, 2.45) is 11.7 Å². The highest BCUT2D eigenvalue weighted by Crippen LogP contribution is 2.38. The Labute approximate surface area is 261 Å². The number of piperidine rings is 1. The molecule has 0 radical (unpaired) electrons. The average Bonchev–Trinajstić information content (AvgIpc) is 3.27. The summed E-state index contributed by atoms with van der Waals surface area (Å²) < 4.78 is 57.6. The van der Waals surface area contributed by atoms with Crippen LogP contribution in [0.25, 0.3) is 11.1 Å². The minimum absolute atomic E-state index is 0.0404. The minimum atomic E-state index is -4.59. The van der Waals surface area contributed by atoms with Gasteiger partial charge in [-0.1, -0.05) is 0 Å². The number of amides is 3. The number of aliphatic hydroxyl groups excluding tert-OH is 1. The van der Waals surface area contributed by atoms with Crippen LogP contribution < -0.4 is 21.3 Å². The van der Waals surface area contributed by atoms with Gasteiger partial charge in [0.25, 0.3) is 5.91 Å². The summed E-state index contributed by atoms with van der Waals surface area (Å²) in [5.74, 6) is -2.91.